The number of halogens is 1. The molecule has 1 aliphatic rings. The Balaban J connectivity index is 1.38. The van der Waals surface area contributed by atoms with Gasteiger partial charge in [-0.2, -0.15) is 0 Å². The maximum Gasteiger partial charge on any atom is 0.253 e. The molecule has 2 heterocycles. The van der Waals surface area contributed by atoms with Crippen molar-refractivity contribution < 1.29 is 14.0 Å². The zero-order valence-electron chi connectivity index (χ0n) is 18.8. The van der Waals surface area contributed by atoms with Crippen molar-refractivity contribution >= 4 is 11.8 Å². The van der Waals surface area contributed by atoms with Crippen molar-refractivity contribution in [2.24, 2.45) is 0 Å². The Morgan fingerprint density at radius 2 is 1.70 bits per heavy atom. The monoisotopic (exact) mass is 446 g/mol. The van der Waals surface area contributed by atoms with Gasteiger partial charge in [0.2, 0.25) is 5.91 Å². The second-order valence-electron chi connectivity index (χ2n) is 8.41. The highest BCUT2D eigenvalue weighted by Crippen LogP contribution is 2.27. The molecule has 1 unspecified atom stereocenters. The van der Waals surface area contributed by atoms with Gasteiger partial charge in [0.25, 0.3) is 5.91 Å². The van der Waals surface area contributed by atoms with Crippen molar-refractivity contribution in [2.45, 2.75) is 39.2 Å². The summed E-state index contributed by atoms with van der Waals surface area (Å²) in [5.74, 6) is 0.395. The lowest BCUT2D eigenvalue weighted by atomic mass is 10.0. The van der Waals surface area contributed by atoms with Gasteiger partial charge in [-0.05, 0) is 50.1 Å². The summed E-state index contributed by atoms with van der Waals surface area (Å²) < 4.78 is 13.0. The van der Waals surface area contributed by atoms with Crippen LogP contribution in [0, 0.1) is 19.7 Å². The first-order valence-electron chi connectivity index (χ1n) is 11.1. The molecule has 170 valence electrons. The number of amides is 2. The Kier molecular flexibility index (Phi) is 6.77. The van der Waals surface area contributed by atoms with Crippen LogP contribution in [-0.4, -0.2) is 39.8 Å². The van der Waals surface area contributed by atoms with Crippen LogP contribution in [0.4, 0.5) is 4.39 Å². The van der Waals surface area contributed by atoms with E-state index in [1.54, 1.807) is 12.1 Å². The lowest BCUT2D eigenvalue weighted by Gasteiger charge is -2.17. The van der Waals surface area contributed by atoms with Gasteiger partial charge in [-0.3, -0.25) is 9.59 Å². The zero-order chi connectivity index (χ0) is 23.4. The maximum absolute atomic E-state index is 13.0. The van der Waals surface area contributed by atoms with Crippen LogP contribution >= 0.6 is 0 Å². The first-order chi connectivity index (χ1) is 15.9. The topological polar surface area (TPSA) is 75.2 Å². The highest BCUT2D eigenvalue weighted by Gasteiger charge is 2.30. The molecule has 0 radical (unpaired) electrons. The van der Waals surface area contributed by atoms with E-state index in [2.05, 4.69) is 5.32 Å². The Hall–Kier alpha value is -3.61. The first kappa shape index (κ1) is 22.6. The summed E-state index contributed by atoms with van der Waals surface area (Å²) in [4.78, 5) is 36.4. The standard InChI is InChI=1S/C26H27FN4O2/c1-17-23(14-24(32)28-15-19-8-10-22(27)11-9-19)18(2)30-25(29-17)21-12-13-31(16-21)26(33)20-6-4-3-5-7-20/h3-11,21H,12-16H2,1-2H3,(H,28,32). The summed E-state index contributed by atoms with van der Waals surface area (Å²) in [6.07, 6.45) is 0.997. The van der Waals surface area contributed by atoms with Crippen LogP contribution in [0.25, 0.3) is 0 Å². The van der Waals surface area contributed by atoms with Gasteiger partial charge in [0.15, 0.2) is 0 Å². The fraction of sp³-hybridized carbons (Fsp3) is 0.308. The molecule has 2 aromatic carbocycles. The normalized spacial score (nSPS) is 15.5. The summed E-state index contributed by atoms with van der Waals surface area (Å²) in [6, 6.07) is 15.3. The second kappa shape index (κ2) is 9.90. The molecule has 6 nitrogen and oxygen atoms in total. The average molecular weight is 447 g/mol. The molecular weight excluding hydrogens is 419 g/mol. The zero-order valence-corrected chi connectivity index (χ0v) is 18.8. The molecule has 3 aromatic rings. The number of hydrogen-bond acceptors (Lipinski definition) is 4. The van der Waals surface area contributed by atoms with Gasteiger partial charge in [0.05, 0.1) is 6.42 Å². The van der Waals surface area contributed by atoms with Gasteiger partial charge in [0, 0.05) is 48.1 Å². The number of benzene rings is 2. The summed E-state index contributed by atoms with van der Waals surface area (Å²) in [5.41, 5.74) is 3.89. The molecule has 7 heteroatoms. The molecule has 1 aliphatic heterocycles. The third-order valence-electron chi connectivity index (χ3n) is 6.04. The van der Waals surface area contributed by atoms with Crippen LogP contribution in [0.15, 0.2) is 54.6 Å². The Morgan fingerprint density at radius 3 is 2.36 bits per heavy atom. The predicted molar refractivity (Wildman–Crippen MR) is 123 cm³/mol. The van der Waals surface area contributed by atoms with E-state index in [1.165, 1.54) is 12.1 Å². The van der Waals surface area contributed by atoms with E-state index in [1.807, 2.05) is 49.1 Å². The molecule has 0 saturated carbocycles. The van der Waals surface area contributed by atoms with E-state index < -0.39 is 0 Å². The number of rotatable bonds is 6. The number of nitrogens with zero attached hydrogens (tertiary/aromatic N) is 3. The third kappa shape index (κ3) is 5.42. The minimum absolute atomic E-state index is 0.0287. The molecule has 1 fully saturated rings. The van der Waals surface area contributed by atoms with E-state index in [0.717, 1.165) is 34.8 Å². The largest absolute Gasteiger partial charge is 0.352 e. The number of aryl methyl sites for hydroxylation is 2. The van der Waals surface area contributed by atoms with Gasteiger partial charge in [-0.25, -0.2) is 14.4 Å². The van der Waals surface area contributed by atoms with E-state index in [9.17, 15) is 14.0 Å². The molecule has 0 aliphatic carbocycles. The van der Waals surface area contributed by atoms with Gasteiger partial charge in [-0.15, -0.1) is 0 Å². The van der Waals surface area contributed by atoms with Gasteiger partial charge in [0.1, 0.15) is 11.6 Å². The van der Waals surface area contributed by atoms with Crippen LogP contribution in [0.5, 0.6) is 0 Å². The quantitative estimate of drug-likeness (QED) is 0.626. The predicted octanol–water partition coefficient (Wildman–Crippen LogP) is 3.72. The second-order valence-corrected chi connectivity index (χ2v) is 8.41. The molecular formula is C26H27FN4O2. The SMILES string of the molecule is Cc1nc(C2CCN(C(=O)c3ccccc3)C2)nc(C)c1CC(=O)NCc1ccc(F)cc1. The number of carbonyl (C=O) groups excluding carboxylic acids is 2. The van der Waals surface area contributed by atoms with E-state index >= 15 is 0 Å². The smallest absolute Gasteiger partial charge is 0.253 e. The number of likely N-dealkylation sites (tertiary alicyclic amines) is 1. The lowest BCUT2D eigenvalue weighted by molar-refractivity contribution is -0.120. The van der Waals surface area contributed by atoms with Crippen molar-refractivity contribution in [2.75, 3.05) is 13.1 Å². The maximum atomic E-state index is 13.0. The number of aromatic nitrogens is 2. The molecule has 1 N–H and O–H groups in total. The summed E-state index contributed by atoms with van der Waals surface area (Å²) in [6.45, 7) is 5.38. The molecule has 1 saturated heterocycles. The van der Waals surface area contributed by atoms with Crippen molar-refractivity contribution in [3.8, 4) is 0 Å². The van der Waals surface area contributed by atoms with Gasteiger partial charge in [-0.1, -0.05) is 30.3 Å². The molecule has 0 spiro atoms. The minimum atomic E-state index is -0.302. The Morgan fingerprint density at radius 1 is 1.03 bits per heavy atom. The van der Waals surface area contributed by atoms with Crippen molar-refractivity contribution in [3.05, 3.63) is 94.3 Å². The van der Waals surface area contributed by atoms with E-state index in [4.69, 9.17) is 9.97 Å². The summed E-state index contributed by atoms with van der Waals surface area (Å²) in [5, 5.41) is 2.86. The molecule has 1 aromatic heterocycles. The highest BCUT2D eigenvalue weighted by atomic mass is 19.1. The van der Waals surface area contributed by atoms with Crippen molar-refractivity contribution in [1.29, 1.82) is 0 Å². The van der Waals surface area contributed by atoms with Crippen LogP contribution in [0.2, 0.25) is 0 Å². The summed E-state index contributed by atoms with van der Waals surface area (Å²) >= 11 is 0. The minimum Gasteiger partial charge on any atom is -0.352 e. The van der Waals surface area contributed by atoms with E-state index in [0.29, 0.717) is 25.2 Å². The molecule has 4 rings (SSSR count). The number of carbonyl (C=O) groups is 2. The molecule has 33 heavy (non-hydrogen) atoms. The average Bonchev–Trinajstić information content (AvgIpc) is 3.31. The van der Waals surface area contributed by atoms with Crippen molar-refractivity contribution in [3.63, 3.8) is 0 Å². The molecule has 1 atom stereocenters. The number of hydrogen-bond donors (Lipinski definition) is 1. The Labute approximate surface area is 192 Å². The fourth-order valence-corrected chi connectivity index (χ4v) is 4.15. The fourth-order valence-electron chi connectivity index (χ4n) is 4.15. The van der Waals surface area contributed by atoms with E-state index in [-0.39, 0.29) is 30.0 Å². The van der Waals surface area contributed by atoms with Crippen LogP contribution in [0.3, 0.4) is 0 Å². The van der Waals surface area contributed by atoms with Crippen molar-refractivity contribution in [1.82, 2.24) is 20.2 Å². The molecule has 2 amide bonds. The van der Waals surface area contributed by atoms with Crippen LogP contribution in [-0.2, 0) is 17.8 Å². The molecule has 0 bridgehead atoms. The Bertz CT molecular complexity index is 1130. The summed E-state index contributed by atoms with van der Waals surface area (Å²) in [7, 11) is 0. The van der Waals surface area contributed by atoms with Crippen LogP contribution in [0.1, 0.15) is 51.0 Å². The lowest BCUT2D eigenvalue weighted by Crippen LogP contribution is -2.28. The van der Waals surface area contributed by atoms with Crippen LogP contribution < -0.4 is 5.32 Å². The third-order valence-corrected chi connectivity index (χ3v) is 6.04. The van der Waals surface area contributed by atoms with Gasteiger partial charge >= 0.3 is 0 Å². The highest BCUT2D eigenvalue weighted by molar-refractivity contribution is 5.94. The van der Waals surface area contributed by atoms with Gasteiger partial charge < -0.3 is 10.2 Å². The number of nitrogens with one attached hydrogen (secondary N) is 1. The first-order valence-corrected chi connectivity index (χ1v) is 11.1.